The molecule has 4 rings (SSSR count). The van der Waals surface area contributed by atoms with Gasteiger partial charge in [0.1, 0.15) is 11.6 Å². The molecule has 2 aromatic rings. The van der Waals surface area contributed by atoms with Gasteiger partial charge in [0.05, 0.1) is 6.54 Å². The largest absolute Gasteiger partial charge is 0.314 e. The second kappa shape index (κ2) is 5.89. The van der Waals surface area contributed by atoms with Crippen LogP contribution in [-0.4, -0.2) is 14.8 Å². The van der Waals surface area contributed by atoms with Gasteiger partial charge in [-0.1, -0.05) is 18.9 Å². The Morgan fingerprint density at radius 3 is 3.00 bits per heavy atom. The number of thiophene rings is 1. The fourth-order valence-electron chi connectivity index (χ4n) is 3.80. The third-order valence-electron chi connectivity index (χ3n) is 4.89. The Bertz CT molecular complexity index is 583. The fourth-order valence-corrected chi connectivity index (χ4v) is 4.70. The topological polar surface area (TPSA) is 42.7 Å². The van der Waals surface area contributed by atoms with Crippen LogP contribution in [0.2, 0.25) is 0 Å². The molecule has 1 fully saturated rings. The summed E-state index contributed by atoms with van der Waals surface area (Å²) in [6.07, 6.45) is 7.78. The first kappa shape index (κ1) is 13.5. The molecule has 1 atom stereocenters. The Balaban J connectivity index is 1.49. The molecule has 0 bridgehead atoms. The standard InChI is InChI=1S/C16H22N4S/c1-2-6-12(5-1)16(13-7-4-10-21-13)17-11-15-19-18-14-8-3-9-20(14)15/h4,7,10,12,16-17H,1-3,5-6,8-9,11H2/t16-/m0/s1. The predicted octanol–water partition coefficient (Wildman–Crippen LogP) is 3.31. The second-order valence-corrected chi connectivity index (χ2v) is 7.19. The molecule has 4 nitrogen and oxygen atoms in total. The highest BCUT2D eigenvalue weighted by molar-refractivity contribution is 7.10. The van der Waals surface area contributed by atoms with E-state index in [0.29, 0.717) is 6.04 Å². The van der Waals surface area contributed by atoms with Gasteiger partial charge in [-0.25, -0.2) is 0 Å². The number of aryl methyl sites for hydroxylation is 1. The van der Waals surface area contributed by atoms with E-state index >= 15 is 0 Å². The first-order valence-electron chi connectivity index (χ1n) is 8.09. The van der Waals surface area contributed by atoms with Crippen molar-refractivity contribution in [2.24, 2.45) is 5.92 Å². The molecule has 0 saturated heterocycles. The molecule has 1 aliphatic heterocycles. The lowest BCUT2D eigenvalue weighted by atomic mass is 9.96. The van der Waals surface area contributed by atoms with Crippen LogP contribution in [0.25, 0.3) is 0 Å². The Labute approximate surface area is 129 Å². The molecule has 0 unspecified atom stereocenters. The number of nitrogens with zero attached hydrogens (tertiary/aromatic N) is 3. The fraction of sp³-hybridized carbons (Fsp3) is 0.625. The minimum Gasteiger partial charge on any atom is -0.314 e. The maximum absolute atomic E-state index is 4.37. The van der Waals surface area contributed by atoms with Crippen LogP contribution in [0.5, 0.6) is 0 Å². The molecular formula is C16H22N4S. The Kier molecular flexibility index (Phi) is 3.78. The Morgan fingerprint density at radius 2 is 2.19 bits per heavy atom. The number of nitrogens with one attached hydrogen (secondary N) is 1. The van der Waals surface area contributed by atoms with Crippen LogP contribution < -0.4 is 5.32 Å². The SMILES string of the molecule is c1csc([C@@H](NCc2nnc3n2CCC3)C2CCCC2)c1. The smallest absolute Gasteiger partial charge is 0.147 e. The molecule has 5 heteroatoms. The molecule has 21 heavy (non-hydrogen) atoms. The first-order valence-corrected chi connectivity index (χ1v) is 8.97. The number of aromatic nitrogens is 3. The number of hydrogen-bond donors (Lipinski definition) is 1. The number of rotatable bonds is 5. The van der Waals surface area contributed by atoms with Crippen molar-refractivity contribution >= 4 is 11.3 Å². The van der Waals surface area contributed by atoms with E-state index in [-0.39, 0.29) is 0 Å². The van der Waals surface area contributed by atoms with E-state index < -0.39 is 0 Å². The van der Waals surface area contributed by atoms with Gasteiger partial charge in [0, 0.05) is 23.9 Å². The molecule has 1 N–H and O–H groups in total. The molecule has 2 aliphatic rings. The molecule has 112 valence electrons. The average molecular weight is 302 g/mol. The molecular weight excluding hydrogens is 280 g/mol. The van der Waals surface area contributed by atoms with Crippen LogP contribution in [0, 0.1) is 5.92 Å². The van der Waals surface area contributed by atoms with Crippen molar-refractivity contribution in [3.8, 4) is 0 Å². The summed E-state index contributed by atoms with van der Waals surface area (Å²) < 4.78 is 2.30. The van der Waals surface area contributed by atoms with E-state index in [9.17, 15) is 0 Å². The highest BCUT2D eigenvalue weighted by atomic mass is 32.1. The lowest BCUT2D eigenvalue weighted by molar-refractivity contribution is 0.365. The molecule has 3 heterocycles. The van der Waals surface area contributed by atoms with Crippen molar-refractivity contribution < 1.29 is 0 Å². The normalized spacial score (nSPS) is 20.0. The van der Waals surface area contributed by atoms with Gasteiger partial charge in [0.25, 0.3) is 0 Å². The maximum Gasteiger partial charge on any atom is 0.147 e. The van der Waals surface area contributed by atoms with E-state index in [4.69, 9.17) is 0 Å². The van der Waals surface area contributed by atoms with E-state index in [2.05, 4.69) is 37.6 Å². The number of fused-ring (bicyclic) bond motifs is 1. The monoisotopic (exact) mass is 302 g/mol. The minimum atomic E-state index is 0.488. The minimum absolute atomic E-state index is 0.488. The lowest BCUT2D eigenvalue weighted by Gasteiger charge is -2.23. The van der Waals surface area contributed by atoms with Crippen LogP contribution in [0.15, 0.2) is 17.5 Å². The van der Waals surface area contributed by atoms with Gasteiger partial charge in [-0.2, -0.15) is 0 Å². The van der Waals surface area contributed by atoms with Crippen molar-refractivity contribution in [3.05, 3.63) is 34.0 Å². The molecule has 1 saturated carbocycles. The van der Waals surface area contributed by atoms with Crippen LogP contribution >= 0.6 is 11.3 Å². The summed E-state index contributed by atoms with van der Waals surface area (Å²) in [6.45, 7) is 1.93. The van der Waals surface area contributed by atoms with Crippen LogP contribution in [0.1, 0.15) is 54.7 Å². The molecule has 1 aliphatic carbocycles. The Hall–Kier alpha value is -1.20. The maximum atomic E-state index is 4.37. The van der Waals surface area contributed by atoms with Gasteiger partial charge in [0.2, 0.25) is 0 Å². The highest BCUT2D eigenvalue weighted by Gasteiger charge is 2.27. The van der Waals surface area contributed by atoms with Crippen molar-refractivity contribution in [1.82, 2.24) is 20.1 Å². The van der Waals surface area contributed by atoms with Crippen molar-refractivity contribution in [2.75, 3.05) is 0 Å². The summed E-state index contributed by atoms with van der Waals surface area (Å²) >= 11 is 1.88. The molecule has 0 amide bonds. The van der Waals surface area contributed by atoms with Gasteiger partial charge < -0.3 is 9.88 Å². The van der Waals surface area contributed by atoms with Gasteiger partial charge in [0.15, 0.2) is 0 Å². The van der Waals surface area contributed by atoms with E-state index in [1.54, 1.807) is 0 Å². The van der Waals surface area contributed by atoms with Gasteiger partial charge >= 0.3 is 0 Å². The van der Waals surface area contributed by atoms with Crippen LogP contribution in [0.3, 0.4) is 0 Å². The Morgan fingerprint density at radius 1 is 1.29 bits per heavy atom. The molecule has 0 aromatic carbocycles. The zero-order valence-corrected chi connectivity index (χ0v) is 13.1. The zero-order chi connectivity index (χ0) is 14.1. The van der Waals surface area contributed by atoms with E-state index in [0.717, 1.165) is 31.3 Å². The predicted molar refractivity (Wildman–Crippen MR) is 84.2 cm³/mol. The summed E-state index contributed by atoms with van der Waals surface area (Å²) in [7, 11) is 0. The van der Waals surface area contributed by atoms with Crippen molar-refractivity contribution in [1.29, 1.82) is 0 Å². The first-order chi connectivity index (χ1) is 10.4. The van der Waals surface area contributed by atoms with Crippen LogP contribution in [0.4, 0.5) is 0 Å². The van der Waals surface area contributed by atoms with E-state index in [1.165, 1.54) is 42.8 Å². The zero-order valence-electron chi connectivity index (χ0n) is 12.3. The van der Waals surface area contributed by atoms with Crippen molar-refractivity contribution in [2.45, 2.75) is 57.7 Å². The van der Waals surface area contributed by atoms with Gasteiger partial charge in [-0.3, -0.25) is 0 Å². The summed E-state index contributed by atoms with van der Waals surface area (Å²) in [5.74, 6) is 3.06. The van der Waals surface area contributed by atoms with E-state index in [1.807, 2.05) is 11.3 Å². The quantitative estimate of drug-likeness (QED) is 0.921. The summed E-state index contributed by atoms with van der Waals surface area (Å²) in [5.41, 5.74) is 0. The lowest BCUT2D eigenvalue weighted by Crippen LogP contribution is -2.27. The van der Waals surface area contributed by atoms with Crippen molar-refractivity contribution in [3.63, 3.8) is 0 Å². The summed E-state index contributed by atoms with van der Waals surface area (Å²) in [6, 6.07) is 4.93. The second-order valence-electron chi connectivity index (χ2n) is 6.21. The van der Waals surface area contributed by atoms with Crippen LogP contribution in [-0.2, 0) is 19.5 Å². The molecule has 2 aromatic heterocycles. The summed E-state index contributed by atoms with van der Waals surface area (Å²) in [4.78, 5) is 1.48. The molecule has 0 radical (unpaired) electrons. The summed E-state index contributed by atoms with van der Waals surface area (Å²) in [5, 5.41) is 14.7. The number of hydrogen-bond acceptors (Lipinski definition) is 4. The molecule has 0 spiro atoms. The third kappa shape index (κ3) is 2.64. The highest BCUT2D eigenvalue weighted by Crippen LogP contribution is 2.37. The third-order valence-corrected chi connectivity index (χ3v) is 5.84. The average Bonchev–Trinajstić information content (AvgIpc) is 3.27. The van der Waals surface area contributed by atoms with Gasteiger partial charge in [-0.05, 0) is 36.6 Å². The van der Waals surface area contributed by atoms with Gasteiger partial charge in [-0.15, -0.1) is 21.5 Å².